The molecule has 2 atom stereocenters. The van der Waals surface area contributed by atoms with E-state index < -0.39 is 11.9 Å². The van der Waals surface area contributed by atoms with Crippen LogP contribution in [0.3, 0.4) is 0 Å². The second-order valence-electron chi connectivity index (χ2n) is 5.43. The first-order chi connectivity index (χ1) is 10.0. The number of benzene rings is 1. The van der Waals surface area contributed by atoms with Gasteiger partial charge >= 0.3 is 0 Å². The fraction of sp³-hybridized carbons (Fsp3) is 0.533. The van der Waals surface area contributed by atoms with E-state index >= 15 is 0 Å². The van der Waals surface area contributed by atoms with E-state index in [-0.39, 0.29) is 17.0 Å². The molecule has 21 heavy (non-hydrogen) atoms. The lowest BCUT2D eigenvalue weighted by atomic mass is 10.1. The first-order valence-electron chi connectivity index (χ1n) is 7.27. The van der Waals surface area contributed by atoms with E-state index in [1.807, 2.05) is 11.8 Å². The maximum Gasteiger partial charge on any atom is 0.237 e. The molecule has 0 aliphatic carbocycles. The summed E-state index contributed by atoms with van der Waals surface area (Å²) in [5.41, 5.74) is 6.58. The van der Waals surface area contributed by atoms with E-state index in [2.05, 4.69) is 5.32 Å². The van der Waals surface area contributed by atoms with Gasteiger partial charge in [0.2, 0.25) is 5.91 Å². The molecule has 1 amide bonds. The van der Waals surface area contributed by atoms with Crippen molar-refractivity contribution in [3.63, 3.8) is 0 Å². The number of nitrogens with one attached hydrogen (secondary N) is 1. The molecule has 1 heterocycles. The average Bonchev–Trinajstić information content (AvgIpc) is 2.90. The number of hydrogen-bond donors (Lipinski definition) is 2. The Hall–Kier alpha value is -1.33. The number of carbonyl (C=O) groups excluding carboxylic acids is 1. The standard InChI is InChI=1S/C15H21ClFN3O/c1-2-3-14(18)15(21)19-10-6-7-20(9-10)11-4-5-12(16)13(17)8-11/h4-5,8,10,14H,2-3,6-7,9,18H2,1H3,(H,19,21). The van der Waals surface area contributed by atoms with Crippen molar-refractivity contribution < 1.29 is 9.18 Å². The quantitative estimate of drug-likeness (QED) is 0.877. The van der Waals surface area contributed by atoms with Crippen LogP contribution in [-0.2, 0) is 4.79 Å². The van der Waals surface area contributed by atoms with Gasteiger partial charge in [0.05, 0.1) is 11.1 Å². The highest BCUT2D eigenvalue weighted by Crippen LogP contribution is 2.25. The van der Waals surface area contributed by atoms with Crippen LogP contribution >= 0.6 is 11.6 Å². The van der Waals surface area contributed by atoms with Gasteiger partial charge in [-0.05, 0) is 31.0 Å². The van der Waals surface area contributed by atoms with Crippen LogP contribution in [0.15, 0.2) is 18.2 Å². The number of nitrogens with two attached hydrogens (primary N) is 1. The van der Waals surface area contributed by atoms with Gasteiger partial charge in [-0.25, -0.2) is 4.39 Å². The number of amides is 1. The molecule has 6 heteroatoms. The summed E-state index contributed by atoms with van der Waals surface area (Å²) in [5.74, 6) is -0.530. The van der Waals surface area contributed by atoms with Crippen molar-refractivity contribution in [2.75, 3.05) is 18.0 Å². The van der Waals surface area contributed by atoms with E-state index in [9.17, 15) is 9.18 Å². The second-order valence-corrected chi connectivity index (χ2v) is 5.84. The van der Waals surface area contributed by atoms with Gasteiger partial charge < -0.3 is 16.0 Å². The summed E-state index contributed by atoms with van der Waals surface area (Å²) in [7, 11) is 0. The van der Waals surface area contributed by atoms with Crippen molar-refractivity contribution in [1.82, 2.24) is 5.32 Å². The Kier molecular flexibility index (Phi) is 5.42. The number of nitrogens with zero attached hydrogens (tertiary/aromatic N) is 1. The van der Waals surface area contributed by atoms with Crippen LogP contribution in [0, 0.1) is 5.82 Å². The van der Waals surface area contributed by atoms with Gasteiger partial charge in [0.25, 0.3) is 0 Å². The summed E-state index contributed by atoms with van der Waals surface area (Å²) in [4.78, 5) is 13.9. The summed E-state index contributed by atoms with van der Waals surface area (Å²) in [5, 5.41) is 3.08. The Balaban J connectivity index is 1.91. The summed E-state index contributed by atoms with van der Waals surface area (Å²) >= 11 is 5.68. The van der Waals surface area contributed by atoms with E-state index in [1.54, 1.807) is 12.1 Å². The molecule has 0 aromatic heterocycles. The molecule has 1 aromatic carbocycles. The largest absolute Gasteiger partial charge is 0.369 e. The molecule has 2 rings (SSSR count). The van der Waals surface area contributed by atoms with Gasteiger partial charge in [0, 0.05) is 24.8 Å². The van der Waals surface area contributed by atoms with E-state index in [0.29, 0.717) is 13.0 Å². The fourth-order valence-corrected chi connectivity index (χ4v) is 2.66. The summed E-state index contributed by atoms with van der Waals surface area (Å²) in [6.45, 7) is 3.43. The Morgan fingerprint density at radius 3 is 3.05 bits per heavy atom. The van der Waals surface area contributed by atoms with Gasteiger partial charge in [-0.15, -0.1) is 0 Å². The van der Waals surface area contributed by atoms with Crippen molar-refractivity contribution in [1.29, 1.82) is 0 Å². The predicted octanol–water partition coefficient (Wildman–Crippen LogP) is 2.30. The molecule has 2 unspecified atom stereocenters. The molecular formula is C15H21ClFN3O. The van der Waals surface area contributed by atoms with E-state index in [4.69, 9.17) is 17.3 Å². The minimum Gasteiger partial charge on any atom is -0.369 e. The highest BCUT2D eigenvalue weighted by Gasteiger charge is 2.26. The first kappa shape index (κ1) is 16.0. The van der Waals surface area contributed by atoms with Gasteiger partial charge in [0.1, 0.15) is 5.82 Å². The number of halogens is 2. The van der Waals surface area contributed by atoms with Gasteiger partial charge in [0.15, 0.2) is 0 Å². The third-order valence-corrected chi connectivity index (χ3v) is 4.05. The lowest BCUT2D eigenvalue weighted by Gasteiger charge is -2.20. The highest BCUT2D eigenvalue weighted by molar-refractivity contribution is 6.30. The van der Waals surface area contributed by atoms with Crippen molar-refractivity contribution in [2.45, 2.75) is 38.3 Å². The molecular weight excluding hydrogens is 293 g/mol. The van der Waals surface area contributed by atoms with Crippen LogP contribution in [-0.4, -0.2) is 31.1 Å². The third kappa shape index (κ3) is 4.08. The lowest BCUT2D eigenvalue weighted by molar-refractivity contribution is -0.123. The minimum absolute atomic E-state index is 0.0548. The van der Waals surface area contributed by atoms with Crippen LogP contribution in [0.1, 0.15) is 26.2 Å². The van der Waals surface area contributed by atoms with Crippen molar-refractivity contribution in [2.24, 2.45) is 5.73 Å². The van der Waals surface area contributed by atoms with Crippen LogP contribution in [0.4, 0.5) is 10.1 Å². The molecule has 116 valence electrons. The van der Waals surface area contributed by atoms with E-state index in [0.717, 1.165) is 25.1 Å². The molecule has 0 saturated carbocycles. The fourth-order valence-electron chi connectivity index (χ4n) is 2.54. The molecule has 1 fully saturated rings. The van der Waals surface area contributed by atoms with Gasteiger partial charge in [-0.1, -0.05) is 24.9 Å². The zero-order valence-corrected chi connectivity index (χ0v) is 12.9. The molecule has 3 N–H and O–H groups in total. The summed E-state index contributed by atoms with van der Waals surface area (Å²) in [6.07, 6.45) is 2.40. The number of rotatable bonds is 5. The van der Waals surface area contributed by atoms with Crippen molar-refractivity contribution in [3.05, 3.63) is 29.0 Å². The zero-order valence-electron chi connectivity index (χ0n) is 12.1. The highest BCUT2D eigenvalue weighted by atomic mass is 35.5. The van der Waals surface area contributed by atoms with Crippen molar-refractivity contribution >= 4 is 23.2 Å². The minimum atomic E-state index is -0.447. The van der Waals surface area contributed by atoms with E-state index in [1.165, 1.54) is 6.07 Å². The third-order valence-electron chi connectivity index (χ3n) is 3.74. The molecule has 0 radical (unpaired) electrons. The number of anilines is 1. The number of carbonyl (C=O) groups is 1. The molecule has 1 aliphatic rings. The second kappa shape index (κ2) is 7.09. The van der Waals surface area contributed by atoms with Gasteiger partial charge in [-0.2, -0.15) is 0 Å². The van der Waals surface area contributed by atoms with Crippen LogP contribution in [0.25, 0.3) is 0 Å². The molecule has 0 bridgehead atoms. The summed E-state index contributed by atoms with van der Waals surface area (Å²) in [6, 6.07) is 4.37. The molecule has 1 saturated heterocycles. The average molecular weight is 314 g/mol. The van der Waals surface area contributed by atoms with Crippen LogP contribution < -0.4 is 16.0 Å². The molecule has 4 nitrogen and oxygen atoms in total. The molecule has 0 spiro atoms. The molecule has 1 aliphatic heterocycles. The van der Waals surface area contributed by atoms with Crippen LogP contribution in [0.2, 0.25) is 5.02 Å². The maximum atomic E-state index is 13.5. The zero-order chi connectivity index (χ0) is 15.4. The summed E-state index contributed by atoms with van der Waals surface area (Å²) < 4.78 is 13.5. The first-order valence-corrected chi connectivity index (χ1v) is 7.65. The Morgan fingerprint density at radius 2 is 2.38 bits per heavy atom. The van der Waals surface area contributed by atoms with Gasteiger partial charge in [-0.3, -0.25) is 4.79 Å². The van der Waals surface area contributed by atoms with Crippen LogP contribution in [0.5, 0.6) is 0 Å². The predicted molar refractivity (Wildman–Crippen MR) is 83.1 cm³/mol. The lowest BCUT2D eigenvalue weighted by Crippen LogP contribution is -2.46. The topological polar surface area (TPSA) is 58.4 Å². The Labute approximate surface area is 129 Å². The monoisotopic (exact) mass is 313 g/mol. The maximum absolute atomic E-state index is 13.5. The molecule has 1 aromatic rings. The van der Waals surface area contributed by atoms with Crippen molar-refractivity contribution in [3.8, 4) is 0 Å². The Bertz CT molecular complexity index is 512. The smallest absolute Gasteiger partial charge is 0.237 e. The Morgan fingerprint density at radius 1 is 1.62 bits per heavy atom. The normalized spacial score (nSPS) is 19.6. The SMILES string of the molecule is CCCC(N)C(=O)NC1CCN(c2ccc(Cl)c(F)c2)C1. The number of hydrogen-bond acceptors (Lipinski definition) is 3.